The van der Waals surface area contributed by atoms with Crippen LogP contribution in [0.2, 0.25) is 10.0 Å². The Morgan fingerprint density at radius 1 is 1.09 bits per heavy atom. The van der Waals surface area contributed by atoms with E-state index in [4.69, 9.17) is 23.2 Å². The fourth-order valence-corrected chi connectivity index (χ4v) is 4.33. The summed E-state index contributed by atoms with van der Waals surface area (Å²) >= 11 is 11.9. The molecule has 3 unspecified atom stereocenters. The van der Waals surface area contributed by atoms with Gasteiger partial charge in [-0.2, -0.15) is 0 Å². The van der Waals surface area contributed by atoms with Gasteiger partial charge in [-0.15, -0.1) is 0 Å². The second-order valence-electron chi connectivity index (χ2n) is 6.07. The molecule has 1 saturated carbocycles. The van der Waals surface area contributed by atoms with Crippen molar-refractivity contribution in [1.29, 1.82) is 0 Å². The maximum Gasteiger partial charge on any atom is 0.326 e. The molecule has 3 rings (SSSR count). The van der Waals surface area contributed by atoms with Crippen LogP contribution < -0.4 is 0 Å². The summed E-state index contributed by atoms with van der Waals surface area (Å²) in [7, 11) is 0. The molecule has 1 aliphatic heterocycles. The maximum atomic E-state index is 12.9. The number of fused-ring (bicyclic) bond motifs is 1. The maximum absolute atomic E-state index is 12.9. The Labute approximate surface area is 139 Å². The molecular weight excluding hydrogens is 325 g/mol. The Morgan fingerprint density at radius 3 is 2.36 bits per heavy atom. The predicted molar refractivity (Wildman–Crippen MR) is 84.4 cm³/mol. The quantitative estimate of drug-likeness (QED) is 0.888. The highest BCUT2D eigenvalue weighted by atomic mass is 35.5. The average Bonchev–Trinajstić information content (AvgIpc) is 2.85. The molecule has 1 aromatic carbocycles. The van der Waals surface area contributed by atoms with Gasteiger partial charge in [0.25, 0.3) is 5.91 Å². The first-order chi connectivity index (χ1) is 10.5. The SMILES string of the molecule is O=C(O)C1CC2CCCCC2N1C(=O)c1cc(Cl)cc(Cl)c1. The van der Waals surface area contributed by atoms with E-state index in [1.165, 1.54) is 0 Å². The number of carboxylic acid groups (broad SMARTS) is 1. The zero-order chi connectivity index (χ0) is 15.9. The average molecular weight is 342 g/mol. The van der Waals surface area contributed by atoms with E-state index in [2.05, 4.69) is 0 Å². The van der Waals surface area contributed by atoms with Crippen LogP contribution in [0.15, 0.2) is 18.2 Å². The molecule has 0 bridgehead atoms. The Kier molecular flexibility index (Phi) is 4.33. The molecule has 1 N–H and O–H groups in total. The highest BCUT2D eigenvalue weighted by molar-refractivity contribution is 6.35. The predicted octanol–water partition coefficient (Wildman–Crippen LogP) is 3.85. The molecule has 3 atom stereocenters. The smallest absolute Gasteiger partial charge is 0.326 e. The molecule has 4 nitrogen and oxygen atoms in total. The minimum absolute atomic E-state index is 0.0140. The molecule has 2 fully saturated rings. The van der Waals surface area contributed by atoms with Crippen molar-refractivity contribution in [3.8, 4) is 0 Å². The van der Waals surface area contributed by atoms with Gasteiger partial charge in [-0.05, 0) is 43.4 Å². The zero-order valence-corrected chi connectivity index (χ0v) is 13.5. The fraction of sp³-hybridized carbons (Fsp3) is 0.500. The normalized spacial score (nSPS) is 27.5. The fourth-order valence-electron chi connectivity index (χ4n) is 3.80. The van der Waals surface area contributed by atoms with Crippen LogP contribution in [0.3, 0.4) is 0 Å². The molecule has 0 radical (unpaired) electrons. The lowest BCUT2D eigenvalue weighted by atomic mass is 9.84. The van der Waals surface area contributed by atoms with Crippen LogP contribution in [0.4, 0.5) is 0 Å². The van der Waals surface area contributed by atoms with Gasteiger partial charge in [-0.1, -0.05) is 36.0 Å². The van der Waals surface area contributed by atoms with Gasteiger partial charge < -0.3 is 10.0 Å². The van der Waals surface area contributed by atoms with Gasteiger partial charge in [0.15, 0.2) is 0 Å². The summed E-state index contributed by atoms with van der Waals surface area (Å²) < 4.78 is 0. The molecule has 1 heterocycles. The highest BCUT2D eigenvalue weighted by Crippen LogP contribution is 2.40. The van der Waals surface area contributed by atoms with Crippen LogP contribution in [0, 0.1) is 5.92 Å². The van der Waals surface area contributed by atoms with E-state index in [1.54, 1.807) is 23.1 Å². The Bertz CT molecular complexity index is 599. The summed E-state index contributed by atoms with van der Waals surface area (Å²) in [6.07, 6.45) is 4.55. The minimum atomic E-state index is -0.934. The van der Waals surface area contributed by atoms with E-state index in [1.807, 2.05) is 0 Å². The minimum Gasteiger partial charge on any atom is -0.480 e. The van der Waals surface area contributed by atoms with E-state index in [0.717, 1.165) is 25.7 Å². The van der Waals surface area contributed by atoms with Crippen molar-refractivity contribution in [2.24, 2.45) is 5.92 Å². The number of likely N-dealkylation sites (tertiary alicyclic amines) is 1. The summed E-state index contributed by atoms with van der Waals surface area (Å²) in [5.41, 5.74) is 0.356. The standard InChI is InChI=1S/C16H17Cl2NO3/c17-11-5-10(6-12(18)8-11)15(20)19-13-4-2-1-3-9(13)7-14(19)16(21)22/h5-6,8-9,13-14H,1-4,7H2,(H,21,22). The second-order valence-corrected chi connectivity index (χ2v) is 6.95. The van der Waals surface area contributed by atoms with E-state index in [9.17, 15) is 14.7 Å². The molecule has 6 heteroatoms. The number of hydrogen-bond donors (Lipinski definition) is 1. The third kappa shape index (κ3) is 2.82. The van der Waals surface area contributed by atoms with Gasteiger partial charge >= 0.3 is 5.97 Å². The molecule has 0 aromatic heterocycles. The zero-order valence-electron chi connectivity index (χ0n) is 12.0. The highest BCUT2D eigenvalue weighted by Gasteiger charge is 2.47. The number of halogens is 2. The van der Waals surface area contributed by atoms with E-state index >= 15 is 0 Å². The topological polar surface area (TPSA) is 57.6 Å². The van der Waals surface area contributed by atoms with E-state index < -0.39 is 12.0 Å². The van der Waals surface area contributed by atoms with Crippen LogP contribution in [0.5, 0.6) is 0 Å². The van der Waals surface area contributed by atoms with Crippen molar-refractivity contribution in [1.82, 2.24) is 4.90 Å². The number of amides is 1. The molecule has 2 aliphatic rings. The van der Waals surface area contributed by atoms with Crippen molar-refractivity contribution in [2.75, 3.05) is 0 Å². The molecule has 118 valence electrons. The molecule has 22 heavy (non-hydrogen) atoms. The molecule has 1 aromatic rings. The van der Waals surface area contributed by atoms with Gasteiger partial charge in [0.2, 0.25) is 0 Å². The van der Waals surface area contributed by atoms with Gasteiger partial charge in [0, 0.05) is 21.7 Å². The number of carbonyl (C=O) groups excluding carboxylic acids is 1. The Balaban J connectivity index is 1.95. The third-order valence-corrected chi connectivity index (χ3v) is 5.15. The summed E-state index contributed by atoms with van der Waals surface area (Å²) in [6.45, 7) is 0. The third-order valence-electron chi connectivity index (χ3n) is 4.72. The van der Waals surface area contributed by atoms with E-state index in [0.29, 0.717) is 22.0 Å². The lowest BCUT2D eigenvalue weighted by Crippen LogP contribution is -2.46. The van der Waals surface area contributed by atoms with Crippen molar-refractivity contribution in [3.63, 3.8) is 0 Å². The molecule has 0 spiro atoms. The number of hydrogen-bond acceptors (Lipinski definition) is 2. The summed E-state index contributed by atoms with van der Waals surface area (Å²) in [5, 5.41) is 10.2. The van der Waals surface area contributed by atoms with Gasteiger partial charge in [-0.3, -0.25) is 4.79 Å². The second kappa shape index (κ2) is 6.09. The van der Waals surface area contributed by atoms with E-state index in [-0.39, 0.29) is 17.9 Å². The lowest BCUT2D eigenvalue weighted by molar-refractivity contribution is -0.141. The number of nitrogens with zero attached hydrogens (tertiary/aromatic N) is 1. The summed E-state index contributed by atoms with van der Waals surface area (Å²) in [5.74, 6) is -0.935. The molecule has 1 aliphatic carbocycles. The van der Waals surface area contributed by atoms with Crippen molar-refractivity contribution < 1.29 is 14.7 Å². The molecule has 1 saturated heterocycles. The van der Waals surface area contributed by atoms with Crippen LogP contribution in [-0.2, 0) is 4.79 Å². The number of aliphatic carboxylic acids is 1. The van der Waals surface area contributed by atoms with Gasteiger partial charge in [-0.25, -0.2) is 4.79 Å². The van der Waals surface area contributed by atoms with Crippen LogP contribution in [-0.4, -0.2) is 34.0 Å². The van der Waals surface area contributed by atoms with Crippen LogP contribution >= 0.6 is 23.2 Å². The summed E-state index contributed by atoms with van der Waals surface area (Å²) in [4.78, 5) is 26.0. The number of rotatable bonds is 2. The van der Waals surface area contributed by atoms with Crippen molar-refractivity contribution in [2.45, 2.75) is 44.2 Å². The van der Waals surface area contributed by atoms with Gasteiger partial charge in [0.05, 0.1) is 0 Å². The largest absolute Gasteiger partial charge is 0.480 e. The van der Waals surface area contributed by atoms with Crippen LogP contribution in [0.1, 0.15) is 42.5 Å². The first-order valence-corrected chi connectivity index (χ1v) is 8.24. The number of carbonyl (C=O) groups is 2. The number of benzene rings is 1. The monoisotopic (exact) mass is 341 g/mol. The Morgan fingerprint density at radius 2 is 1.73 bits per heavy atom. The van der Waals surface area contributed by atoms with Crippen LogP contribution in [0.25, 0.3) is 0 Å². The molecule has 1 amide bonds. The first kappa shape index (κ1) is 15.6. The summed E-state index contributed by atoms with van der Waals surface area (Å²) in [6, 6.07) is 3.91. The Hall–Kier alpha value is -1.26. The van der Waals surface area contributed by atoms with Gasteiger partial charge in [0.1, 0.15) is 6.04 Å². The molecular formula is C16H17Cl2NO3. The van der Waals surface area contributed by atoms with Crippen molar-refractivity contribution in [3.05, 3.63) is 33.8 Å². The lowest BCUT2D eigenvalue weighted by Gasteiger charge is -2.33. The number of carboxylic acids is 1. The van der Waals surface area contributed by atoms with Crippen molar-refractivity contribution >= 4 is 35.1 Å². The first-order valence-electron chi connectivity index (χ1n) is 7.49.